The number of carbonyl (C=O) groups excluding carboxylic acids is 3. The highest BCUT2D eigenvalue weighted by Gasteiger charge is 2.33. The number of anilines is 1. The highest BCUT2D eigenvalue weighted by molar-refractivity contribution is 6.35. The van der Waals surface area contributed by atoms with Gasteiger partial charge in [-0.2, -0.15) is 0 Å². The van der Waals surface area contributed by atoms with Crippen LogP contribution in [0.1, 0.15) is 47.8 Å². The van der Waals surface area contributed by atoms with E-state index in [0.717, 1.165) is 0 Å². The van der Waals surface area contributed by atoms with E-state index in [1.54, 1.807) is 67.6 Å². The number of aryl methyl sites for hydroxylation is 1. The summed E-state index contributed by atoms with van der Waals surface area (Å²) in [5.74, 6) is -0.935. The summed E-state index contributed by atoms with van der Waals surface area (Å²) in [7, 11) is 0. The average molecular weight is 376 g/mol. The molecule has 1 N–H and O–H groups in total. The SMILES string of the molecule is Cc1ccc(NC(=O)c2ccccc2Cl)c2c1C(=O)c1ccccc1C2=O. The van der Waals surface area contributed by atoms with E-state index in [-0.39, 0.29) is 17.1 Å². The maximum Gasteiger partial charge on any atom is 0.257 e. The van der Waals surface area contributed by atoms with E-state index in [4.69, 9.17) is 11.6 Å². The van der Waals surface area contributed by atoms with E-state index in [2.05, 4.69) is 5.32 Å². The Balaban J connectivity index is 1.84. The van der Waals surface area contributed by atoms with Gasteiger partial charge in [0.05, 0.1) is 21.8 Å². The van der Waals surface area contributed by atoms with Crippen LogP contribution in [0.3, 0.4) is 0 Å². The molecular weight excluding hydrogens is 362 g/mol. The minimum Gasteiger partial charge on any atom is -0.321 e. The van der Waals surface area contributed by atoms with Crippen molar-refractivity contribution in [3.63, 3.8) is 0 Å². The molecule has 5 heteroatoms. The molecule has 0 spiro atoms. The average Bonchev–Trinajstić information content (AvgIpc) is 2.67. The third-order valence-electron chi connectivity index (χ3n) is 4.65. The number of fused-ring (bicyclic) bond motifs is 2. The number of carbonyl (C=O) groups is 3. The first kappa shape index (κ1) is 17.2. The second-order valence-electron chi connectivity index (χ2n) is 6.32. The lowest BCUT2D eigenvalue weighted by atomic mass is 9.81. The fourth-order valence-electron chi connectivity index (χ4n) is 3.32. The van der Waals surface area contributed by atoms with Crippen molar-refractivity contribution in [3.8, 4) is 0 Å². The summed E-state index contributed by atoms with van der Waals surface area (Å²) in [6.07, 6.45) is 0. The molecule has 0 bridgehead atoms. The standard InChI is InChI=1S/C22H14ClNO3/c1-12-10-11-17(24-22(27)15-8-4-5-9-16(15)23)19-18(12)20(25)13-6-2-3-7-14(13)21(19)26/h2-11H,1H3,(H,24,27). The van der Waals surface area contributed by atoms with Gasteiger partial charge in [-0.3, -0.25) is 14.4 Å². The van der Waals surface area contributed by atoms with Crippen molar-refractivity contribution in [2.75, 3.05) is 5.32 Å². The van der Waals surface area contributed by atoms with Gasteiger partial charge in [-0.25, -0.2) is 0 Å². The first-order valence-corrected chi connectivity index (χ1v) is 8.74. The number of halogens is 1. The Kier molecular flexibility index (Phi) is 4.13. The number of amides is 1. The molecule has 3 aromatic rings. The number of benzene rings is 3. The molecule has 0 unspecified atom stereocenters. The molecule has 0 atom stereocenters. The van der Waals surface area contributed by atoms with Gasteiger partial charge in [0, 0.05) is 16.7 Å². The number of ketones is 2. The van der Waals surface area contributed by atoms with Crippen molar-refractivity contribution in [1.29, 1.82) is 0 Å². The molecule has 1 aliphatic carbocycles. The Labute approximate surface area is 160 Å². The van der Waals surface area contributed by atoms with Gasteiger partial charge in [0.2, 0.25) is 0 Å². The van der Waals surface area contributed by atoms with Gasteiger partial charge < -0.3 is 5.32 Å². The Morgan fingerprint density at radius 2 is 1.41 bits per heavy atom. The van der Waals surface area contributed by atoms with Crippen molar-refractivity contribution in [2.24, 2.45) is 0 Å². The molecule has 132 valence electrons. The van der Waals surface area contributed by atoms with E-state index < -0.39 is 5.91 Å². The van der Waals surface area contributed by atoms with Crippen molar-refractivity contribution >= 4 is 34.8 Å². The molecule has 0 heterocycles. The van der Waals surface area contributed by atoms with Crippen molar-refractivity contribution in [3.05, 3.63) is 99.1 Å². The molecule has 0 saturated carbocycles. The van der Waals surface area contributed by atoms with Crippen LogP contribution in [-0.4, -0.2) is 17.5 Å². The van der Waals surface area contributed by atoms with Gasteiger partial charge >= 0.3 is 0 Å². The summed E-state index contributed by atoms with van der Waals surface area (Å²) in [5.41, 5.74) is 2.56. The minimum absolute atomic E-state index is 0.216. The molecule has 0 fully saturated rings. The summed E-state index contributed by atoms with van der Waals surface area (Å²) in [4.78, 5) is 38.7. The summed E-state index contributed by atoms with van der Waals surface area (Å²) in [6.45, 7) is 1.78. The Morgan fingerprint density at radius 1 is 0.815 bits per heavy atom. The second-order valence-corrected chi connectivity index (χ2v) is 6.73. The van der Waals surface area contributed by atoms with Gasteiger partial charge in [-0.05, 0) is 30.7 Å². The zero-order valence-electron chi connectivity index (χ0n) is 14.4. The first-order chi connectivity index (χ1) is 13.0. The zero-order valence-corrected chi connectivity index (χ0v) is 15.1. The first-order valence-electron chi connectivity index (χ1n) is 8.37. The van der Waals surface area contributed by atoms with Gasteiger partial charge in [-0.1, -0.05) is 54.1 Å². The van der Waals surface area contributed by atoms with E-state index in [1.165, 1.54) is 0 Å². The Hall–Kier alpha value is -3.24. The van der Waals surface area contributed by atoms with Gasteiger partial charge in [0.15, 0.2) is 11.6 Å². The predicted molar refractivity (Wildman–Crippen MR) is 104 cm³/mol. The monoisotopic (exact) mass is 375 g/mol. The van der Waals surface area contributed by atoms with E-state index >= 15 is 0 Å². The lowest BCUT2D eigenvalue weighted by Gasteiger charge is -2.22. The molecule has 27 heavy (non-hydrogen) atoms. The molecule has 4 nitrogen and oxygen atoms in total. The zero-order chi connectivity index (χ0) is 19.1. The molecule has 0 aliphatic heterocycles. The summed E-state index contributed by atoms with van der Waals surface area (Å²) in [5, 5.41) is 3.05. The van der Waals surface area contributed by atoms with Crippen LogP contribution in [0.5, 0.6) is 0 Å². The normalized spacial score (nSPS) is 12.4. The van der Waals surface area contributed by atoms with Crippen LogP contribution < -0.4 is 5.32 Å². The maximum absolute atomic E-state index is 13.1. The Morgan fingerprint density at radius 3 is 2.07 bits per heavy atom. The maximum atomic E-state index is 13.1. The van der Waals surface area contributed by atoms with Crippen LogP contribution in [0.4, 0.5) is 5.69 Å². The number of nitrogens with one attached hydrogen (secondary N) is 1. The van der Waals surface area contributed by atoms with Crippen LogP contribution in [0.25, 0.3) is 0 Å². The molecule has 1 amide bonds. The molecule has 1 aliphatic rings. The van der Waals surface area contributed by atoms with E-state index in [9.17, 15) is 14.4 Å². The highest BCUT2D eigenvalue weighted by Crippen LogP contribution is 2.34. The topological polar surface area (TPSA) is 63.2 Å². The second kappa shape index (κ2) is 6.49. The number of hydrogen-bond acceptors (Lipinski definition) is 3. The summed E-state index contributed by atoms with van der Waals surface area (Å²) in [6, 6.07) is 16.7. The lowest BCUT2D eigenvalue weighted by molar-refractivity contribution is 0.0978. The fraction of sp³-hybridized carbons (Fsp3) is 0.0455. The van der Waals surface area contributed by atoms with Crippen molar-refractivity contribution in [2.45, 2.75) is 6.92 Å². The third-order valence-corrected chi connectivity index (χ3v) is 4.98. The fourth-order valence-corrected chi connectivity index (χ4v) is 3.54. The van der Waals surface area contributed by atoms with Gasteiger partial charge in [0.1, 0.15) is 0 Å². The van der Waals surface area contributed by atoms with E-state index in [0.29, 0.717) is 38.5 Å². The number of hydrogen-bond donors (Lipinski definition) is 1. The summed E-state index contributed by atoms with van der Waals surface area (Å²) >= 11 is 6.09. The lowest BCUT2D eigenvalue weighted by Crippen LogP contribution is -2.25. The largest absolute Gasteiger partial charge is 0.321 e. The van der Waals surface area contributed by atoms with Gasteiger partial charge in [-0.15, -0.1) is 0 Å². The van der Waals surface area contributed by atoms with Crippen LogP contribution in [0, 0.1) is 6.92 Å². The van der Waals surface area contributed by atoms with Gasteiger partial charge in [0.25, 0.3) is 5.91 Å². The molecule has 4 rings (SSSR count). The Bertz CT molecular complexity index is 1130. The summed E-state index contributed by atoms with van der Waals surface area (Å²) < 4.78 is 0. The number of rotatable bonds is 2. The van der Waals surface area contributed by atoms with Crippen LogP contribution in [0.2, 0.25) is 5.02 Å². The van der Waals surface area contributed by atoms with E-state index in [1.807, 2.05) is 0 Å². The molecule has 0 aromatic heterocycles. The predicted octanol–water partition coefficient (Wildman–Crippen LogP) is 4.68. The van der Waals surface area contributed by atoms with Crippen molar-refractivity contribution < 1.29 is 14.4 Å². The van der Waals surface area contributed by atoms with Crippen LogP contribution >= 0.6 is 11.6 Å². The third kappa shape index (κ3) is 2.75. The minimum atomic E-state index is -0.439. The molecular formula is C22H14ClNO3. The van der Waals surface area contributed by atoms with Crippen LogP contribution in [-0.2, 0) is 0 Å². The molecule has 3 aromatic carbocycles. The van der Waals surface area contributed by atoms with Crippen molar-refractivity contribution in [1.82, 2.24) is 0 Å². The van der Waals surface area contributed by atoms with Crippen LogP contribution in [0.15, 0.2) is 60.7 Å². The quantitative estimate of drug-likeness (QED) is 0.553. The highest BCUT2D eigenvalue weighted by atomic mass is 35.5. The molecule has 0 radical (unpaired) electrons. The smallest absolute Gasteiger partial charge is 0.257 e. The molecule has 0 saturated heterocycles.